The normalized spacial score (nSPS) is 15.9. The van der Waals surface area contributed by atoms with Gasteiger partial charge in [0.15, 0.2) is 0 Å². The monoisotopic (exact) mass is 404 g/mol. The Morgan fingerprint density at radius 1 is 1.15 bits per heavy atom. The number of carbonyl (C=O) groups is 1. The fraction of sp³-hybridized carbons (Fsp3) is 0.571. The highest BCUT2D eigenvalue weighted by atomic mass is 32.1. The van der Waals surface area contributed by atoms with Crippen molar-refractivity contribution < 1.29 is 9.53 Å². The molecule has 0 spiro atoms. The SMILES string of the molecule is CC(C)(C)OC(=O)N1CCN(Cc2cc(S)cc(C#C[Si](C)(C)C)c2)CC1. The first-order valence-electron chi connectivity index (χ1n) is 9.48. The van der Waals surface area contributed by atoms with Crippen molar-refractivity contribution in [3.8, 4) is 11.5 Å². The molecular formula is C21H32N2O2SSi. The fourth-order valence-electron chi connectivity index (χ4n) is 2.77. The van der Waals surface area contributed by atoms with Crippen molar-refractivity contribution in [2.24, 2.45) is 0 Å². The fourth-order valence-corrected chi connectivity index (χ4v) is 3.59. The summed E-state index contributed by atoms with van der Waals surface area (Å²) in [5.41, 5.74) is 5.22. The second-order valence-corrected chi connectivity index (χ2v) is 14.4. The standard InChI is InChI=1S/C21H32N2O2SSi/c1-21(2,3)25-20(24)23-10-8-22(9-11-23)16-18-13-17(14-19(26)15-18)7-12-27(4,5)6/h13-15,26H,8-11,16H2,1-6H3. The van der Waals surface area contributed by atoms with Crippen LogP contribution in [0.3, 0.4) is 0 Å². The third-order valence-electron chi connectivity index (χ3n) is 3.99. The van der Waals surface area contributed by atoms with Crippen molar-refractivity contribution in [3.63, 3.8) is 0 Å². The zero-order valence-corrected chi connectivity index (χ0v) is 19.3. The van der Waals surface area contributed by atoms with E-state index >= 15 is 0 Å². The van der Waals surface area contributed by atoms with Gasteiger partial charge >= 0.3 is 6.09 Å². The maximum atomic E-state index is 12.2. The van der Waals surface area contributed by atoms with Crippen LogP contribution in [0, 0.1) is 11.5 Å². The largest absolute Gasteiger partial charge is 0.444 e. The quantitative estimate of drug-likeness (QED) is 0.454. The van der Waals surface area contributed by atoms with Crippen LogP contribution in [0.2, 0.25) is 19.6 Å². The summed E-state index contributed by atoms with van der Waals surface area (Å²) >= 11 is 4.54. The Labute approximate surface area is 170 Å². The average molecular weight is 405 g/mol. The second kappa shape index (κ2) is 8.72. The molecule has 27 heavy (non-hydrogen) atoms. The summed E-state index contributed by atoms with van der Waals surface area (Å²) in [4.78, 5) is 17.3. The Bertz CT molecular complexity index is 733. The zero-order valence-electron chi connectivity index (χ0n) is 17.4. The van der Waals surface area contributed by atoms with Crippen molar-refractivity contribution in [1.29, 1.82) is 0 Å². The number of rotatable bonds is 2. The molecule has 1 saturated heterocycles. The molecule has 2 rings (SSSR count). The maximum absolute atomic E-state index is 12.2. The molecule has 4 nitrogen and oxygen atoms in total. The molecule has 1 aliphatic rings. The highest BCUT2D eigenvalue weighted by Gasteiger charge is 2.25. The van der Waals surface area contributed by atoms with E-state index in [9.17, 15) is 4.79 Å². The van der Waals surface area contributed by atoms with E-state index < -0.39 is 13.7 Å². The molecule has 1 amide bonds. The van der Waals surface area contributed by atoms with Crippen molar-refractivity contribution in [2.45, 2.75) is 57.5 Å². The third-order valence-corrected chi connectivity index (χ3v) is 5.12. The van der Waals surface area contributed by atoms with E-state index in [1.807, 2.05) is 26.8 Å². The van der Waals surface area contributed by atoms with Crippen LogP contribution in [0.15, 0.2) is 23.1 Å². The second-order valence-electron chi connectivity index (χ2n) is 9.13. The smallest absolute Gasteiger partial charge is 0.410 e. The van der Waals surface area contributed by atoms with Crippen molar-refractivity contribution in [2.75, 3.05) is 26.2 Å². The first-order chi connectivity index (χ1) is 12.4. The average Bonchev–Trinajstić information content (AvgIpc) is 2.51. The van der Waals surface area contributed by atoms with Gasteiger partial charge in [0.05, 0.1) is 0 Å². The van der Waals surface area contributed by atoms with Crippen LogP contribution in [0.4, 0.5) is 4.79 Å². The van der Waals surface area contributed by atoms with Gasteiger partial charge in [-0.2, -0.15) is 0 Å². The summed E-state index contributed by atoms with van der Waals surface area (Å²) in [5, 5.41) is 0. The lowest BCUT2D eigenvalue weighted by atomic mass is 10.1. The molecule has 1 aliphatic heterocycles. The Kier molecular flexibility index (Phi) is 7.07. The van der Waals surface area contributed by atoms with Crippen LogP contribution in [-0.4, -0.2) is 55.7 Å². The van der Waals surface area contributed by atoms with Crippen LogP contribution >= 0.6 is 12.6 Å². The number of nitrogens with zero attached hydrogens (tertiary/aromatic N) is 2. The van der Waals surface area contributed by atoms with Crippen LogP contribution in [-0.2, 0) is 11.3 Å². The molecular weight excluding hydrogens is 372 g/mol. The number of carbonyl (C=O) groups excluding carboxylic acids is 1. The molecule has 148 valence electrons. The molecule has 0 aliphatic carbocycles. The first-order valence-corrected chi connectivity index (χ1v) is 13.4. The molecule has 1 fully saturated rings. The first kappa shape index (κ1) is 21.9. The molecule has 6 heteroatoms. The predicted octanol–water partition coefficient (Wildman–Crippen LogP) is 4.26. The summed E-state index contributed by atoms with van der Waals surface area (Å²) in [6.45, 7) is 16.3. The van der Waals surface area contributed by atoms with Crippen molar-refractivity contribution >= 4 is 26.8 Å². The van der Waals surface area contributed by atoms with E-state index in [1.54, 1.807) is 4.90 Å². The molecule has 0 bridgehead atoms. The summed E-state index contributed by atoms with van der Waals surface area (Å²) < 4.78 is 5.46. The Hall–Kier alpha value is -1.42. The van der Waals surface area contributed by atoms with E-state index in [-0.39, 0.29) is 6.09 Å². The Balaban J connectivity index is 1.96. The van der Waals surface area contributed by atoms with Crippen molar-refractivity contribution in [1.82, 2.24) is 9.80 Å². The van der Waals surface area contributed by atoms with Crippen LogP contribution in [0.5, 0.6) is 0 Å². The number of hydrogen-bond acceptors (Lipinski definition) is 4. The Morgan fingerprint density at radius 3 is 2.33 bits per heavy atom. The van der Waals surface area contributed by atoms with Gasteiger partial charge in [0, 0.05) is 43.2 Å². The molecule has 0 radical (unpaired) electrons. The topological polar surface area (TPSA) is 32.8 Å². The molecule has 0 atom stereocenters. The minimum atomic E-state index is -1.40. The zero-order chi connectivity index (χ0) is 20.2. The van der Waals surface area contributed by atoms with Gasteiger partial charge in [0.1, 0.15) is 13.7 Å². The van der Waals surface area contributed by atoms with Gasteiger partial charge in [0.2, 0.25) is 0 Å². The van der Waals surface area contributed by atoms with Gasteiger partial charge in [-0.05, 0) is 44.5 Å². The van der Waals surface area contributed by atoms with E-state index in [2.05, 4.69) is 60.8 Å². The third kappa shape index (κ3) is 8.00. The Morgan fingerprint density at radius 2 is 1.78 bits per heavy atom. The number of thiol groups is 1. The summed E-state index contributed by atoms with van der Waals surface area (Å²) in [6, 6.07) is 6.29. The maximum Gasteiger partial charge on any atom is 0.410 e. The molecule has 0 unspecified atom stereocenters. The lowest BCUT2D eigenvalue weighted by Gasteiger charge is -2.35. The van der Waals surface area contributed by atoms with Crippen LogP contribution in [0.25, 0.3) is 0 Å². The van der Waals surface area contributed by atoms with Gasteiger partial charge in [-0.3, -0.25) is 4.90 Å². The minimum absolute atomic E-state index is 0.219. The highest BCUT2D eigenvalue weighted by molar-refractivity contribution is 7.80. The molecule has 1 aromatic rings. The summed E-state index contributed by atoms with van der Waals surface area (Å²) in [6.07, 6.45) is -0.219. The van der Waals surface area contributed by atoms with Crippen molar-refractivity contribution in [3.05, 3.63) is 29.3 Å². The van der Waals surface area contributed by atoms with E-state index in [1.165, 1.54) is 5.56 Å². The van der Waals surface area contributed by atoms with Gasteiger partial charge in [0.25, 0.3) is 0 Å². The lowest BCUT2D eigenvalue weighted by Crippen LogP contribution is -2.49. The van der Waals surface area contributed by atoms with Gasteiger partial charge in [-0.15, -0.1) is 18.2 Å². The van der Waals surface area contributed by atoms with E-state index in [0.29, 0.717) is 13.1 Å². The van der Waals surface area contributed by atoms with Crippen LogP contribution in [0.1, 0.15) is 31.9 Å². The number of ether oxygens (including phenoxy) is 1. The van der Waals surface area contributed by atoms with Gasteiger partial charge in [-0.1, -0.05) is 25.6 Å². The van der Waals surface area contributed by atoms with E-state index in [4.69, 9.17) is 4.74 Å². The predicted molar refractivity (Wildman–Crippen MR) is 117 cm³/mol. The van der Waals surface area contributed by atoms with Gasteiger partial charge in [-0.25, -0.2) is 4.79 Å². The molecule has 1 aromatic carbocycles. The minimum Gasteiger partial charge on any atom is -0.444 e. The number of benzene rings is 1. The highest BCUT2D eigenvalue weighted by Crippen LogP contribution is 2.17. The molecule has 0 N–H and O–H groups in total. The molecule has 1 heterocycles. The van der Waals surface area contributed by atoms with Crippen LogP contribution < -0.4 is 0 Å². The number of hydrogen-bond donors (Lipinski definition) is 1. The number of amides is 1. The number of piperazine rings is 1. The van der Waals surface area contributed by atoms with E-state index in [0.717, 1.165) is 30.1 Å². The lowest BCUT2D eigenvalue weighted by molar-refractivity contribution is 0.0139. The summed E-state index contributed by atoms with van der Waals surface area (Å²) in [7, 11) is -1.40. The molecule has 0 saturated carbocycles. The molecule has 0 aromatic heterocycles. The van der Waals surface area contributed by atoms with Gasteiger partial charge < -0.3 is 9.64 Å². The summed E-state index contributed by atoms with van der Waals surface area (Å²) in [5.74, 6) is 3.32.